The van der Waals surface area contributed by atoms with E-state index >= 15 is 0 Å². The Morgan fingerprint density at radius 1 is 1.20 bits per heavy atom. The zero-order valence-corrected chi connectivity index (χ0v) is 14.9. The van der Waals surface area contributed by atoms with Crippen molar-refractivity contribution in [1.29, 1.82) is 5.26 Å². The van der Waals surface area contributed by atoms with Crippen molar-refractivity contribution in [3.8, 4) is 6.07 Å². The van der Waals surface area contributed by atoms with Gasteiger partial charge in [0.05, 0.1) is 11.3 Å². The molecule has 0 atom stereocenters. The maximum atomic E-state index is 12.5. The van der Waals surface area contributed by atoms with Crippen molar-refractivity contribution in [2.24, 2.45) is 5.41 Å². The quantitative estimate of drug-likeness (QED) is 0.901. The highest BCUT2D eigenvalue weighted by atomic mass is 16.3. The third-order valence-corrected chi connectivity index (χ3v) is 6.15. The van der Waals surface area contributed by atoms with Gasteiger partial charge in [-0.25, -0.2) is 0 Å². The number of rotatable bonds is 2. The monoisotopic (exact) mass is 336 g/mol. The molecule has 1 N–H and O–H groups in total. The van der Waals surface area contributed by atoms with Crippen LogP contribution in [0.1, 0.15) is 56.2 Å². The molecule has 4 nitrogen and oxygen atoms in total. The van der Waals surface area contributed by atoms with Crippen LogP contribution in [0.25, 0.3) is 5.70 Å². The number of allylic oxidation sites excluding steroid dienone is 1. The normalized spacial score (nSPS) is 22.0. The zero-order chi connectivity index (χ0) is 17.8. The predicted octanol–water partition coefficient (Wildman–Crippen LogP) is 3.15. The molecule has 1 spiro atoms. The Hall–Kier alpha value is -2.12. The van der Waals surface area contributed by atoms with Gasteiger partial charge in [0, 0.05) is 25.1 Å². The fourth-order valence-electron chi connectivity index (χ4n) is 4.18. The van der Waals surface area contributed by atoms with Gasteiger partial charge in [0.1, 0.15) is 11.6 Å². The van der Waals surface area contributed by atoms with E-state index in [0.717, 1.165) is 48.3 Å². The molecule has 0 amide bonds. The van der Waals surface area contributed by atoms with E-state index < -0.39 is 5.60 Å². The van der Waals surface area contributed by atoms with Crippen LogP contribution in [0.5, 0.6) is 0 Å². The van der Waals surface area contributed by atoms with Gasteiger partial charge in [0.2, 0.25) is 0 Å². The summed E-state index contributed by atoms with van der Waals surface area (Å²) >= 11 is 0. The maximum absolute atomic E-state index is 12.5. The average Bonchev–Trinajstić information content (AvgIpc) is 3.32. The molecule has 2 aliphatic carbocycles. The van der Waals surface area contributed by atoms with Crippen LogP contribution in [0, 0.1) is 16.7 Å². The summed E-state index contributed by atoms with van der Waals surface area (Å²) < 4.78 is 0. The van der Waals surface area contributed by atoms with E-state index in [4.69, 9.17) is 0 Å². The predicted molar refractivity (Wildman–Crippen MR) is 95.4 cm³/mol. The van der Waals surface area contributed by atoms with Crippen molar-refractivity contribution in [3.63, 3.8) is 0 Å². The van der Waals surface area contributed by atoms with Gasteiger partial charge < -0.3 is 10.0 Å². The van der Waals surface area contributed by atoms with Gasteiger partial charge in [0.25, 0.3) is 0 Å². The van der Waals surface area contributed by atoms with Crippen molar-refractivity contribution in [2.75, 3.05) is 13.1 Å². The van der Waals surface area contributed by atoms with Crippen LogP contribution in [0.3, 0.4) is 0 Å². The summed E-state index contributed by atoms with van der Waals surface area (Å²) in [5, 5.41) is 20.0. The van der Waals surface area contributed by atoms with E-state index in [1.165, 1.54) is 12.8 Å². The van der Waals surface area contributed by atoms with Gasteiger partial charge in [-0.15, -0.1) is 0 Å². The second kappa shape index (κ2) is 5.44. The third kappa shape index (κ3) is 2.77. The molecule has 2 fully saturated rings. The maximum Gasteiger partial charge on any atom is 0.179 e. The van der Waals surface area contributed by atoms with Crippen LogP contribution in [0.4, 0.5) is 0 Å². The minimum absolute atomic E-state index is 0.0901. The number of likely N-dealkylation sites (tertiary alicyclic amines) is 1. The standard InChI is InChI=1S/C21H24N2O2/c1-20(2,25)15-4-3-14-11-18(24)17(13-22)19(16(14)12-15)23-9-7-21(5-6-21)8-10-23/h3-4,12,25H,5-11H2,1-2H3. The highest BCUT2D eigenvalue weighted by molar-refractivity contribution is 6.10. The molecule has 25 heavy (non-hydrogen) atoms. The Kier molecular flexibility index (Phi) is 3.56. The molecule has 1 saturated heterocycles. The molecule has 4 rings (SSSR count). The number of fused-ring (bicyclic) bond motifs is 1. The number of ketones is 1. The van der Waals surface area contributed by atoms with Crippen LogP contribution in [-0.4, -0.2) is 28.9 Å². The fraction of sp³-hybridized carbons (Fsp3) is 0.524. The molecule has 1 aromatic carbocycles. The SMILES string of the molecule is CC(C)(O)c1ccc2c(c1)C(N1CCC3(CC1)CC3)=C(C#N)C(=O)C2. The highest BCUT2D eigenvalue weighted by Gasteiger charge is 2.45. The molecule has 1 saturated carbocycles. The first-order valence-electron chi connectivity index (χ1n) is 9.12. The number of piperidine rings is 1. The average molecular weight is 336 g/mol. The summed E-state index contributed by atoms with van der Waals surface area (Å²) in [5.41, 5.74) is 3.38. The van der Waals surface area contributed by atoms with Crippen LogP contribution < -0.4 is 0 Å². The molecule has 130 valence electrons. The number of benzene rings is 1. The summed E-state index contributed by atoms with van der Waals surface area (Å²) in [7, 11) is 0. The Morgan fingerprint density at radius 3 is 2.44 bits per heavy atom. The van der Waals surface area contributed by atoms with E-state index in [2.05, 4.69) is 11.0 Å². The summed E-state index contributed by atoms with van der Waals surface area (Å²) in [5.74, 6) is -0.0901. The summed E-state index contributed by atoms with van der Waals surface area (Å²) in [4.78, 5) is 14.7. The van der Waals surface area contributed by atoms with E-state index in [9.17, 15) is 15.2 Å². The molecule has 0 bridgehead atoms. The second-order valence-electron chi connectivity index (χ2n) is 8.35. The number of hydrogen-bond acceptors (Lipinski definition) is 4. The number of Topliss-reactive ketones (excluding diaryl/α,β-unsaturated/α-hetero) is 1. The molecule has 4 heteroatoms. The largest absolute Gasteiger partial charge is 0.386 e. The van der Waals surface area contributed by atoms with Crippen molar-refractivity contribution in [3.05, 3.63) is 40.5 Å². The molecule has 0 radical (unpaired) electrons. The van der Waals surface area contributed by atoms with Crippen molar-refractivity contribution in [2.45, 2.75) is 51.6 Å². The lowest BCUT2D eigenvalue weighted by atomic mass is 9.83. The van der Waals surface area contributed by atoms with Gasteiger partial charge >= 0.3 is 0 Å². The summed E-state index contributed by atoms with van der Waals surface area (Å²) in [6.07, 6.45) is 5.20. The first kappa shape index (κ1) is 16.4. The Bertz CT molecular complexity index is 809. The van der Waals surface area contributed by atoms with E-state index in [1.807, 2.05) is 18.2 Å². The number of nitrogens with zero attached hydrogens (tertiary/aromatic N) is 2. The Balaban J connectivity index is 1.79. The fourth-order valence-corrected chi connectivity index (χ4v) is 4.18. The Morgan fingerprint density at radius 2 is 1.88 bits per heavy atom. The number of carbonyl (C=O) groups excluding carboxylic acids is 1. The van der Waals surface area contributed by atoms with Gasteiger partial charge in [-0.3, -0.25) is 4.79 Å². The minimum atomic E-state index is -0.950. The summed E-state index contributed by atoms with van der Waals surface area (Å²) in [6, 6.07) is 7.95. The van der Waals surface area contributed by atoms with Crippen molar-refractivity contribution in [1.82, 2.24) is 4.90 Å². The third-order valence-electron chi connectivity index (χ3n) is 6.15. The molecule has 1 aliphatic heterocycles. The van der Waals surface area contributed by atoms with Gasteiger partial charge in [-0.05, 0) is 62.1 Å². The number of carbonyl (C=O) groups is 1. The van der Waals surface area contributed by atoms with E-state index in [-0.39, 0.29) is 17.8 Å². The van der Waals surface area contributed by atoms with Gasteiger partial charge in [-0.1, -0.05) is 12.1 Å². The molecular formula is C21H24N2O2. The van der Waals surface area contributed by atoms with Crippen LogP contribution >= 0.6 is 0 Å². The first-order valence-corrected chi connectivity index (χ1v) is 9.12. The first-order chi connectivity index (χ1) is 11.8. The number of nitriles is 1. The van der Waals surface area contributed by atoms with Crippen LogP contribution in [0.2, 0.25) is 0 Å². The molecule has 1 heterocycles. The minimum Gasteiger partial charge on any atom is -0.386 e. The highest BCUT2D eigenvalue weighted by Crippen LogP contribution is 2.54. The van der Waals surface area contributed by atoms with Gasteiger partial charge in [0.15, 0.2) is 5.78 Å². The van der Waals surface area contributed by atoms with Crippen molar-refractivity contribution < 1.29 is 9.90 Å². The topological polar surface area (TPSA) is 64.3 Å². The molecular weight excluding hydrogens is 312 g/mol. The Labute approximate surface area is 148 Å². The molecule has 0 aromatic heterocycles. The smallest absolute Gasteiger partial charge is 0.179 e. The lowest BCUT2D eigenvalue weighted by molar-refractivity contribution is -0.114. The van der Waals surface area contributed by atoms with E-state index in [1.54, 1.807) is 13.8 Å². The van der Waals surface area contributed by atoms with E-state index in [0.29, 0.717) is 5.41 Å². The molecule has 3 aliphatic rings. The van der Waals surface area contributed by atoms with Crippen LogP contribution in [0.15, 0.2) is 23.8 Å². The molecule has 0 unspecified atom stereocenters. The number of hydrogen-bond donors (Lipinski definition) is 1. The number of aliphatic hydroxyl groups is 1. The lowest BCUT2D eigenvalue weighted by Gasteiger charge is -2.38. The second-order valence-corrected chi connectivity index (χ2v) is 8.35. The van der Waals surface area contributed by atoms with Crippen molar-refractivity contribution >= 4 is 11.5 Å². The summed E-state index contributed by atoms with van der Waals surface area (Å²) in [6.45, 7) is 5.32. The van der Waals surface area contributed by atoms with Gasteiger partial charge in [-0.2, -0.15) is 5.26 Å². The molecule has 1 aromatic rings. The van der Waals surface area contributed by atoms with Crippen LogP contribution in [-0.2, 0) is 16.8 Å². The lowest BCUT2D eigenvalue weighted by Crippen LogP contribution is -2.36. The zero-order valence-electron chi connectivity index (χ0n) is 14.9.